The normalized spacial score (nSPS) is 14.4. The van der Waals surface area contributed by atoms with Gasteiger partial charge in [0.15, 0.2) is 6.61 Å². The summed E-state index contributed by atoms with van der Waals surface area (Å²) < 4.78 is 5.49. The Kier molecular flexibility index (Phi) is 2.89. The Labute approximate surface area is 106 Å². The van der Waals surface area contributed by atoms with Crippen molar-refractivity contribution in [2.75, 3.05) is 6.61 Å². The van der Waals surface area contributed by atoms with Crippen molar-refractivity contribution in [1.29, 1.82) is 0 Å². The predicted molar refractivity (Wildman–Crippen MR) is 70.6 cm³/mol. The maximum atomic E-state index is 11.5. The number of hydrogen-bond acceptors (Lipinski definition) is 2. The Morgan fingerprint density at radius 3 is 2.72 bits per heavy atom. The molecule has 0 atom stereocenters. The molecular formula is C15H15NO2. The second-order valence-corrected chi connectivity index (χ2v) is 4.64. The molecule has 3 rings (SSSR count). The Bertz CT molecular complexity index is 575. The van der Waals surface area contributed by atoms with Crippen LogP contribution in [-0.2, 0) is 4.79 Å². The van der Waals surface area contributed by atoms with E-state index in [1.54, 1.807) is 0 Å². The summed E-state index contributed by atoms with van der Waals surface area (Å²) in [6, 6.07) is 14.3. The van der Waals surface area contributed by atoms with E-state index in [9.17, 15) is 4.79 Å². The van der Waals surface area contributed by atoms with Gasteiger partial charge in [-0.05, 0) is 35.7 Å². The molecule has 0 aromatic heterocycles. The Morgan fingerprint density at radius 1 is 1.17 bits per heavy atom. The molecule has 3 nitrogen and oxygen atoms in total. The van der Waals surface area contributed by atoms with E-state index in [0.717, 1.165) is 24.0 Å². The summed E-state index contributed by atoms with van der Waals surface area (Å²) in [7, 11) is 0. The van der Waals surface area contributed by atoms with Crippen LogP contribution >= 0.6 is 0 Å². The van der Waals surface area contributed by atoms with Gasteiger partial charge in [-0.2, -0.15) is 0 Å². The largest absolute Gasteiger partial charge is 0.484 e. The highest BCUT2D eigenvalue weighted by atomic mass is 16.5. The van der Waals surface area contributed by atoms with E-state index in [0.29, 0.717) is 6.04 Å². The van der Waals surface area contributed by atoms with Gasteiger partial charge in [-0.3, -0.25) is 4.79 Å². The van der Waals surface area contributed by atoms with Crippen molar-refractivity contribution in [2.45, 2.75) is 18.9 Å². The molecule has 0 aliphatic heterocycles. The Hall–Kier alpha value is -2.03. The van der Waals surface area contributed by atoms with Crippen molar-refractivity contribution in [2.24, 2.45) is 0 Å². The van der Waals surface area contributed by atoms with Gasteiger partial charge in [0.1, 0.15) is 5.75 Å². The molecule has 1 fully saturated rings. The van der Waals surface area contributed by atoms with Crippen LogP contribution in [0.4, 0.5) is 0 Å². The number of carbonyl (C=O) groups is 1. The summed E-state index contributed by atoms with van der Waals surface area (Å²) in [4.78, 5) is 11.5. The quantitative estimate of drug-likeness (QED) is 0.893. The first-order chi connectivity index (χ1) is 8.81. The number of carbonyl (C=O) groups excluding carboxylic acids is 1. The summed E-state index contributed by atoms with van der Waals surface area (Å²) in [5.74, 6) is 0.699. The molecule has 2 aromatic carbocycles. The minimum absolute atomic E-state index is 0.0364. The van der Waals surface area contributed by atoms with Crippen LogP contribution in [0.15, 0.2) is 42.5 Å². The van der Waals surface area contributed by atoms with E-state index in [-0.39, 0.29) is 12.5 Å². The number of amides is 1. The average Bonchev–Trinajstić information content (AvgIpc) is 3.20. The molecule has 0 bridgehead atoms. The zero-order valence-corrected chi connectivity index (χ0v) is 10.1. The van der Waals surface area contributed by atoms with E-state index in [4.69, 9.17) is 4.74 Å². The lowest BCUT2D eigenvalue weighted by atomic mass is 10.1. The van der Waals surface area contributed by atoms with Crippen LogP contribution in [0.1, 0.15) is 12.8 Å². The van der Waals surface area contributed by atoms with Crippen molar-refractivity contribution in [3.63, 3.8) is 0 Å². The number of rotatable bonds is 4. The summed E-state index contributed by atoms with van der Waals surface area (Å²) in [5.41, 5.74) is 0. The molecule has 18 heavy (non-hydrogen) atoms. The topological polar surface area (TPSA) is 38.3 Å². The lowest BCUT2D eigenvalue weighted by molar-refractivity contribution is -0.123. The highest BCUT2D eigenvalue weighted by Crippen LogP contribution is 2.21. The number of ether oxygens (including phenoxy) is 1. The van der Waals surface area contributed by atoms with E-state index >= 15 is 0 Å². The molecule has 1 saturated carbocycles. The van der Waals surface area contributed by atoms with Crippen LogP contribution in [0.5, 0.6) is 5.75 Å². The number of nitrogens with one attached hydrogen (secondary N) is 1. The summed E-state index contributed by atoms with van der Waals surface area (Å²) in [6.45, 7) is 0.0921. The Balaban J connectivity index is 1.64. The first-order valence-electron chi connectivity index (χ1n) is 6.22. The van der Waals surface area contributed by atoms with E-state index < -0.39 is 0 Å². The van der Waals surface area contributed by atoms with Gasteiger partial charge in [-0.25, -0.2) is 0 Å². The van der Waals surface area contributed by atoms with E-state index in [1.165, 1.54) is 5.39 Å². The van der Waals surface area contributed by atoms with Crippen molar-refractivity contribution in [3.05, 3.63) is 42.5 Å². The molecule has 1 aliphatic carbocycles. The monoisotopic (exact) mass is 241 g/mol. The first kappa shape index (κ1) is 11.1. The van der Waals surface area contributed by atoms with Gasteiger partial charge < -0.3 is 10.1 Å². The maximum absolute atomic E-state index is 11.5. The van der Waals surface area contributed by atoms with Crippen LogP contribution in [0.25, 0.3) is 10.8 Å². The molecule has 1 N–H and O–H groups in total. The first-order valence-corrected chi connectivity index (χ1v) is 6.22. The third kappa shape index (κ3) is 2.62. The Morgan fingerprint density at radius 2 is 1.94 bits per heavy atom. The molecule has 1 aliphatic rings. The van der Waals surface area contributed by atoms with Crippen LogP contribution in [-0.4, -0.2) is 18.6 Å². The molecular weight excluding hydrogens is 226 g/mol. The summed E-state index contributed by atoms with van der Waals surface area (Å²) in [6.07, 6.45) is 2.20. The SMILES string of the molecule is O=C(COc1ccc2ccccc2c1)NC1CC1. The molecule has 0 radical (unpaired) electrons. The lowest BCUT2D eigenvalue weighted by Crippen LogP contribution is -2.30. The summed E-state index contributed by atoms with van der Waals surface area (Å²) >= 11 is 0. The van der Waals surface area contributed by atoms with Gasteiger partial charge in [0.25, 0.3) is 5.91 Å². The fourth-order valence-corrected chi connectivity index (χ4v) is 1.90. The van der Waals surface area contributed by atoms with Gasteiger partial charge in [0, 0.05) is 6.04 Å². The molecule has 0 saturated heterocycles. The van der Waals surface area contributed by atoms with Crippen molar-refractivity contribution in [1.82, 2.24) is 5.32 Å². The second kappa shape index (κ2) is 4.69. The summed E-state index contributed by atoms with van der Waals surface area (Å²) in [5, 5.41) is 5.19. The molecule has 3 heteroatoms. The molecule has 2 aromatic rings. The van der Waals surface area contributed by atoms with Gasteiger partial charge in [0.2, 0.25) is 0 Å². The molecule has 92 valence electrons. The van der Waals surface area contributed by atoms with E-state index in [2.05, 4.69) is 11.4 Å². The molecule has 0 heterocycles. The van der Waals surface area contributed by atoms with Gasteiger partial charge >= 0.3 is 0 Å². The number of fused-ring (bicyclic) bond motifs is 1. The minimum atomic E-state index is -0.0364. The smallest absolute Gasteiger partial charge is 0.258 e. The zero-order valence-electron chi connectivity index (χ0n) is 10.1. The van der Waals surface area contributed by atoms with Crippen molar-refractivity contribution < 1.29 is 9.53 Å². The van der Waals surface area contributed by atoms with Crippen LogP contribution < -0.4 is 10.1 Å². The molecule has 1 amide bonds. The predicted octanol–water partition coefficient (Wildman–Crippen LogP) is 2.50. The highest BCUT2D eigenvalue weighted by molar-refractivity contribution is 5.84. The van der Waals surface area contributed by atoms with Gasteiger partial charge in [-0.15, -0.1) is 0 Å². The zero-order chi connectivity index (χ0) is 12.4. The van der Waals surface area contributed by atoms with Crippen molar-refractivity contribution in [3.8, 4) is 5.75 Å². The van der Waals surface area contributed by atoms with Crippen LogP contribution in [0, 0.1) is 0 Å². The molecule has 0 spiro atoms. The fraction of sp³-hybridized carbons (Fsp3) is 0.267. The average molecular weight is 241 g/mol. The lowest BCUT2D eigenvalue weighted by Gasteiger charge is -2.07. The molecule has 0 unspecified atom stereocenters. The standard InChI is InChI=1S/C15H15NO2/c17-15(16-13-6-7-13)10-18-14-8-5-11-3-1-2-4-12(11)9-14/h1-5,8-9,13H,6-7,10H2,(H,16,17). The van der Waals surface area contributed by atoms with Gasteiger partial charge in [-0.1, -0.05) is 30.3 Å². The second-order valence-electron chi connectivity index (χ2n) is 4.64. The van der Waals surface area contributed by atoms with E-state index in [1.807, 2.05) is 36.4 Å². The minimum Gasteiger partial charge on any atom is -0.484 e. The van der Waals surface area contributed by atoms with Crippen LogP contribution in [0.2, 0.25) is 0 Å². The number of hydrogen-bond donors (Lipinski definition) is 1. The fourth-order valence-electron chi connectivity index (χ4n) is 1.90. The highest BCUT2D eigenvalue weighted by Gasteiger charge is 2.23. The third-order valence-corrected chi connectivity index (χ3v) is 3.03. The van der Waals surface area contributed by atoms with Gasteiger partial charge in [0.05, 0.1) is 0 Å². The third-order valence-electron chi connectivity index (χ3n) is 3.03. The van der Waals surface area contributed by atoms with Crippen LogP contribution in [0.3, 0.4) is 0 Å². The number of benzene rings is 2. The maximum Gasteiger partial charge on any atom is 0.258 e. The van der Waals surface area contributed by atoms with Crippen molar-refractivity contribution >= 4 is 16.7 Å².